The van der Waals surface area contributed by atoms with Crippen LogP contribution in [0.3, 0.4) is 0 Å². The maximum absolute atomic E-state index is 12.2. The van der Waals surface area contributed by atoms with Crippen molar-refractivity contribution < 1.29 is 8.42 Å². The first-order valence-electron chi connectivity index (χ1n) is 8.05. The van der Waals surface area contributed by atoms with Gasteiger partial charge in [0.1, 0.15) is 0 Å². The summed E-state index contributed by atoms with van der Waals surface area (Å²) < 4.78 is 23.6. The monoisotopic (exact) mass is 500 g/mol. The zero-order valence-corrected chi connectivity index (χ0v) is 19.5. The molecule has 25 heavy (non-hydrogen) atoms. The van der Waals surface area contributed by atoms with Crippen LogP contribution in [-0.2, 0) is 9.84 Å². The smallest absolute Gasteiger partial charge is 0.193 e. The van der Waals surface area contributed by atoms with Gasteiger partial charge < -0.3 is 15.1 Å². The number of guanidine groups is 1. The molecule has 0 radical (unpaired) electrons. The van der Waals surface area contributed by atoms with Gasteiger partial charge in [-0.25, -0.2) is 8.42 Å². The van der Waals surface area contributed by atoms with E-state index in [0.29, 0.717) is 13.1 Å². The zero-order valence-electron chi connectivity index (χ0n) is 15.5. The Morgan fingerprint density at radius 1 is 1.48 bits per heavy atom. The molecule has 2 rings (SSSR count). The van der Waals surface area contributed by atoms with Crippen molar-refractivity contribution in [1.82, 2.24) is 15.1 Å². The summed E-state index contributed by atoms with van der Waals surface area (Å²) in [5.41, 5.74) is 0. The lowest BCUT2D eigenvalue weighted by Crippen LogP contribution is -2.57. The van der Waals surface area contributed by atoms with Crippen LogP contribution in [-0.4, -0.2) is 75.5 Å². The first-order chi connectivity index (χ1) is 11.2. The molecule has 1 unspecified atom stereocenters. The lowest BCUT2D eigenvalue weighted by Gasteiger charge is -2.39. The second kappa shape index (κ2) is 9.01. The van der Waals surface area contributed by atoms with Crippen LogP contribution in [0, 0.1) is 0 Å². The van der Waals surface area contributed by atoms with Crippen molar-refractivity contribution in [3.05, 3.63) is 22.4 Å². The molecule has 0 saturated carbocycles. The van der Waals surface area contributed by atoms with E-state index in [1.165, 1.54) is 4.88 Å². The first-order valence-corrected chi connectivity index (χ1v) is 10.6. The van der Waals surface area contributed by atoms with Crippen molar-refractivity contribution in [2.24, 2.45) is 4.99 Å². The number of hydrogen-bond acceptors (Lipinski definition) is 5. The summed E-state index contributed by atoms with van der Waals surface area (Å²) in [5.74, 6) is 0.935. The van der Waals surface area contributed by atoms with Gasteiger partial charge in [0, 0.05) is 31.6 Å². The quantitative estimate of drug-likeness (QED) is 0.390. The molecular weight excluding hydrogens is 471 g/mol. The van der Waals surface area contributed by atoms with Gasteiger partial charge in [0.15, 0.2) is 15.8 Å². The predicted octanol–water partition coefficient (Wildman–Crippen LogP) is 2.05. The van der Waals surface area contributed by atoms with Crippen LogP contribution < -0.4 is 5.32 Å². The highest BCUT2D eigenvalue weighted by atomic mass is 127. The molecule has 0 spiro atoms. The molecule has 1 atom stereocenters. The zero-order chi connectivity index (χ0) is 18.0. The number of hydrogen-bond donors (Lipinski definition) is 1. The maximum atomic E-state index is 12.2. The van der Waals surface area contributed by atoms with E-state index in [2.05, 4.69) is 46.8 Å². The van der Waals surface area contributed by atoms with Crippen LogP contribution in [0.15, 0.2) is 22.5 Å². The Hall–Kier alpha value is -0.390. The predicted molar refractivity (Wildman–Crippen MR) is 117 cm³/mol. The molecule has 1 aromatic rings. The van der Waals surface area contributed by atoms with Gasteiger partial charge in [0.05, 0.1) is 16.5 Å². The molecule has 1 N–H and O–H groups in total. The van der Waals surface area contributed by atoms with Crippen LogP contribution in [0.5, 0.6) is 0 Å². The Bertz CT molecular complexity index is 672. The van der Waals surface area contributed by atoms with Gasteiger partial charge in [-0.05, 0) is 39.4 Å². The van der Waals surface area contributed by atoms with E-state index in [9.17, 15) is 8.42 Å². The number of nitrogens with one attached hydrogen (secondary N) is 1. The van der Waals surface area contributed by atoms with Crippen LogP contribution in [0.25, 0.3) is 0 Å². The fraction of sp³-hybridized carbons (Fsp3) is 0.688. The van der Waals surface area contributed by atoms with E-state index in [0.717, 1.165) is 12.5 Å². The number of rotatable bonds is 4. The van der Waals surface area contributed by atoms with E-state index in [-0.39, 0.29) is 35.8 Å². The van der Waals surface area contributed by atoms with E-state index < -0.39 is 14.6 Å². The summed E-state index contributed by atoms with van der Waals surface area (Å²) in [7, 11) is 2.82. The van der Waals surface area contributed by atoms with E-state index in [1.54, 1.807) is 32.2 Å². The normalized spacial score (nSPS) is 20.9. The van der Waals surface area contributed by atoms with Crippen LogP contribution in [0.1, 0.15) is 24.8 Å². The van der Waals surface area contributed by atoms with Crippen LogP contribution in [0.4, 0.5) is 0 Å². The molecule has 1 aliphatic heterocycles. The Morgan fingerprint density at radius 3 is 2.64 bits per heavy atom. The van der Waals surface area contributed by atoms with Gasteiger partial charge in [-0.15, -0.1) is 35.3 Å². The highest BCUT2D eigenvalue weighted by molar-refractivity contribution is 14.0. The van der Waals surface area contributed by atoms with E-state index in [4.69, 9.17) is 0 Å². The molecule has 2 heterocycles. The number of nitrogens with zero attached hydrogens (tertiary/aromatic N) is 3. The van der Waals surface area contributed by atoms with Gasteiger partial charge >= 0.3 is 0 Å². The second-order valence-corrected chi connectivity index (χ2v) is 10.6. The lowest BCUT2D eigenvalue weighted by molar-refractivity contribution is 0.295. The number of aliphatic imine (C=N–C) groups is 1. The largest absolute Gasteiger partial charge is 0.354 e. The van der Waals surface area contributed by atoms with Crippen molar-refractivity contribution in [3.63, 3.8) is 0 Å². The molecule has 0 aromatic carbocycles. The Labute approximate surface area is 172 Å². The molecule has 9 heteroatoms. The van der Waals surface area contributed by atoms with Crippen molar-refractivity contribution in [1.29, 1.82) is 0 Å². The molecule has 1 aromatic heterocycles. The summed E-state index contributed by atoms with van der Waals surface area (Å²) in [6.07, 6.45) is 0. The highest BCUT2D eigenvalue weighted by Crippen LogP contribution is 2.25. The first kappa shape index (κ1) is 22.7. The van der Waals surface area contributed by atoms with Gasteiger partial charge in [0.2, 0.25) is 0 Å². The SMILES string of the molecule is CN=C(NCC(c1cccs1)N(C)C)N1CCS(=O)(=O)C(C)(C)C1.I. The molecule has 0 bridgehead atoms. The number of likely N-dealkylation sites (N-methyl/N-ethyl adjacent to an activating group) is 1. The van der Waals surface area contributed by atoms with Gasteiger partial charge in [-0.1, -0.05) is 6.07 Å². The molecule has 1 aliphatic rings. The fourth-order valence-electron chi connectivity index (χ4n) is 2.86. The topological polar surface area (TPSA) is 65.0 Å². The van der Waals surface area contributed by atoms with Gasteiger partial charge in [-0.2, -0.15) is 0 Å². The summed E-state index contributed by atoms with van der Waals surface area (Å²) >= 11 is 1.74. The van der Waals surface area contributed by atoms with Crippen LogP contribution >= 0.6 is 35.3 Å². The average Bonchev–Trinajstić information content (AvgIpc) is 3.00. The minimum Gasteiger partial charge on any atom is -0.354 e. The average molecular weight is 500 g/mol. The number of thiophene rings is 1. The Morgan fingerprint density at radius 2 is 2.16 bits per heavy atom. The lowest BCUT2D eigenvalue weighted by atomic mass is 10.2. The second-order valence-electron chi connectivity index (χ2n) is 6.92. The maximum Gasteiger partial charge on any atom is 0.193 e. The molecular formula is C16H29IN4O2S2. The third-order valence-electron chi connectivity index (χ3n) is 4.50. The number of halogens is 1. The summed E-state index contributed by atoms with van der Waals surface area (Å²) in [4.78, 5) is 9.88. The molecule has 1 saturated heterocycles. The summed E-state index contributed by atoms with van der Waals surface area (Å²) in [5, 5.41) is 5.50. The van der Waals surface area contributed by atoms with Gasteiger partial charge in [0.25, 0.3) is 0 Å². The molecule has 0 aliphatic carbocycles. The Balaban J connectivity index is 0.00000312. The third-order valence-corrected chi connectivity index (χ3v) is 8.01. The van der Waals surface area contributed by atoms with Crippen molar-refractivity contribution in [2.45, 2.75) is 24.6 Å². The fourth-order valence-corrected chi connectivity index (χ4v) is 5.15. The van der Waals surface area contributed by atoms with Gasteiger partial charge in [-0.3, -0.25) is 4.99 Å². The molecule has 144 valence electrons. The van der Waals surface area contributed by atoms with Crippen molar-refractivity contribution in [2.75, 3.05) is 46.5 Å². The summed E-state index contributed by atoms with van der Waals surface area (Å²) in [6.45, 7) is 5.24. The Kier molecular flexibility index (Phi) is 8.16. The molecule has 1 fully saturated rings. The van der Waals surface area contributed by atoms with E-state index >= 15 is 0 Å². The minimum absolute atomic E-state index is 0. The molecule has 6 nitrogen and oxygen atoms in total. The minimum atomic E-state index is -3.05. The number of sulfone groups is 1. The van der Waals surface area contributed by atoms with E-state index in [1.807, 2.05) is 4.90 Å². The van der Waals surface area contributed by atoms with Crippen LogP contribution in [0.2, 0.25) is 0 Å². The molecule has 0 amide bonds. The van der Waals surface area contributed by atoms with Crippen molar-refractivity contribution in [3.8, 4) is 0 Å². The van der Waals surface area contributed by atoms with Crippen molar-refractivity contribution >= 4 is 51.1 Å². The summed E-state index contributed by atoms with van der Waals surface area (Å²) in [6, 6.07) is 4.45. The standard InChI is InChI=1S/C16H28N4O2S2.HI/c1-16(2)12-20(8-10-24(16,21)22)15(17-3)18-11-13(19(4)5)14-7-6-9-23-14;/h6-7,9,13H,8,10-12H2,1-5H3,(H,17,18);1H. The highest BCUT2D eigenvalue weighted by Gasteiger charge is 2.41. The third kappa shape index (κ3) is 5.30.